The van der Waals surface area contributed by atoms with Crippen LogP contribution in [0.3, 0.4) is 0 Å². The van der Waals surface area contributed by atoms with Crippen molar-refractivity contribution in [3.63, 3.8) is 0 Å². The third-order valence-corrected chi connectivity index (χ3v) is 4.60. The SMILES string of the molecule is Cc1ccc(Cl)c(OCC(=O)N2CCN(c3ccc(O)cc3)CC2)c1. The summed E-state index contributed by atoms with van der Waals surface area (Å²) < 4.78 is 5.59. The number of anilines is 1. The number of piperazine rings is 1. The zero-order chi connectivity index (χ0) is 17.8. The lowest BCUT2D eigenvalue weighted by atomic mass is 10.2. The quantitative estimate of drug-likeness (QED) is 0.910. The van der Waals surface area contributed by atoms with Gasteiger partial charge in [-0.1, -0.05) is 17.7 Å². The van der Waals surface area contributed by atoms with E-state index < -0.39 is 0 Å². The lowest BCUT2D eigenvalue weighted by Crippen LogP contribution is -2.50. The molecule has 1 aliphatic rings. The smallest absolute Gasteiger partial charge is 0.260 e. The van der Waals surface area contributed by atoms with Crippen molar-refractivity contribution in [2.45, 2.75) is 6.92 Å². The van der Waals surface area contributed by atoms with Crippen molar-refractivity contribution in [1.29, 1.82) is 0 Å². The molecule has 0 aromatic heterocycles. The Hall–Kier alpha value is -2.40. The van der Waals surface area contributed by atoms with Gasteiger partial charge in [-0.05, 0) is 48.9 Å². The number of phenols is 1. The van der Waals surface area contributed by atoms with Crippen LogP contribution in [-0.2, 0) is 4.79 Å². The van der Waals surface area contributed by atoms with Crippen molar-refractivity contribution in [3.05, 3.63) is 53.1 Å². The monoisotopic (exact) mass is 360 g/mol. The summed E-state index contributed by atoms with van der Waals surface area (Å²) in [7, 11) is 0. The zero-order valence-electron chi connectivity index (χ0n) is 14.1. The number of carbonyl (C=O) groups is 1. The summed E-state index contributed by atoms with van der Waals surface area (Å²) in [5, 5.41) is 9.87. The summed E-state index contributed by atoms with van der Waals surface area (Å²) in [6.07, 6.45) is 0. The number of nitrogens with zero attached hydrogens (tertiary/aromatic N) is 2. The second kappa shape index (κ2) is 7.66. The summed E-state index contributed by atoms with van der Waals surface area (Å²) in [6.45, 7) is 4.73. The van der Waals surface area contributed by atoms with Crippen LogP contribution in [0.2, 0.25) is 5.02 Å². The van der Waals surface area contributed by atoms with Crippen molar-refractivity contribution >= 4 is 23.2 Å². The number of rotatable bonds is 4. The molecule has 2 aromatic carbocycles. The highest BCUT2D eigenvalue weighted by Crippen LogP contribution is 2.25. The van der Waals surface area contributed by atoms with Crippen LogP contribution in [0, 0.1) is 6.92 Å². The van der Waals surface area contributed by atoms with Crippen LogP contribution < -0.4 is 9.64 Å². The van der Waals surface area contributed by atoms with Crippen LogP contribution in [0.25, 0.3) is 0 Å². The average molecular weight is 361 g/mol. The molecule has 2 aromatic rings. The molecule has 0 unspecified atom stereocenters. The number of benzene rings is 2. The number of aryl methyl sites for hydroxylation is 1. The first kappa shape index (κ1) is 17.4. The summed E-state index contributed by atoms with van der Waals surface area (Å²) in [5.74, 6) is 0.755. The van der Waals surface area contributed by atoms with Gasteiger partial charge in [0.25, 0.3) is 5.91 Å². The van der Waals surface area contributed by atoms with E-state index in [0.717, 1.165) is 24.3 Å². The van der Waals surface area contributed by atoms with E-state index in [4.69, 9.17) is 16.3 Å². The van der Waals surface area contributed by atoms with Crippen molar-refractivity contribution in [3.8, 4) is 11.5 Å². The van der Waals surface area contributed by atoms with Crippen molar-refractivity contribution < 1.29 is 14.6 Å². The Morgan fingerprint density at radius 2 is 1.80 bits per heavy atom. The minimum absolute atomic E-state index is 0.0115. The number of amides is 1. The van der Waals surface area contributed by atoms with Crippen LogP contribution in [0.4, 0.5) is 5.69 Å². The van der Waals surface area contributed by atoms with Gasteiger partial charge in [-0.2, -0.15) is 0 Å². The standard InChI is InChI=1S/C19H21ClN2O3/c1-14-2-7-17(20)18(12-14)25-13-19(24)22-10-8-21(9-11-22)15-3-5-16(23)6-4-15/h2-7,12,23H,8-11,13H2,1H3. The van der Waals surface area contributed by atoms with Gasteiger partial charge >= 0.3 is 0 Å². The molecule has 1 fully saturated rings. The zero-order valence-corrected chi connectivity index (χ0v) is 14.9. The minimum atomic E-state index is -0.0390. The number of ether oxygens (including phenoxy) is 1. The second-order valence-corrected chi connectivity index (χ2v) is 6.51. The molecular formula is C19H21ClN2O3. The first-order chi connectivity index (χ1) is 12.0. The maximum atomic E-state index is 12.4. The van der Waals surface area contributed by atoms with Crippen LogP contribution in [0.1, 0.15) is 5.56 Å². The largest absolute Gasteiger partial charge is 0.508 e. The van der Waals surface area contributed by atoms with E-state index in [1.165, 1.54) is 0 Å². The Bertz CT molecular complexity index is 741. The molecule has 0 radical (unpaired) electrons. The third-order valence-electron chi connectivity index (χ3n) is 4.29. The van der Waals surface area contributed by atoms with Gasteiger partial charge in [-0.3, -0.25) is 4.79 Å². The second-order valence-electron chi connectivity index (χ2n) is 6.11. The normalized spacial score (nSPS) is 14.5. The van der Waals surface area contributed by atoms with E-state index in [0.29, 0.717) is 23.9 Å². The van der Waals surface area contributed by atoms with Crippen LogP contribution in [0.5, 0.6) is 11.5 Å². The molecule has 1 N–H and O–H groups in total. The van der Waals surface area contributed by atoms with Crippen molar-refractivity contribution in [2.75, 3.05) is 37.7 Å². The molecule has 1 aliphatic heterocycles. The van der Waals surface area contributed by atoms with Gasteiger partial charge in [-0.15, -0.1) is 0 Å². The topological polar surface area (TPSA) is 53.0 Å². The number of aromatic hydroxyl groups is 1. The molecule has 1 heterocycles. The molecule has 1 saturated heterocycles. The summed E-state index contributed by atoms with van der Waals surface area (Å²) in [4.78, 5) is 16.4. The molecule has 0 saturated carbocycles. The van der Waals surface area contributed by atoms with Crippen molar-refractivity contribution in [2.24, 2.45) is 0 Å². The Labute approximate surface area is 152 Å². The molecule has 25 heavy (non-hydrogen) atoms. The first-order valence-electron chi connectivity index (χ1n) is 8.23. The fraction of sp³-hybridized carbons (Fsp3) is 0.316. The highest BCUT2D eigenvalue weighted by Gasteiger charge is 2.21. The number of hydrogen-bond acceptors (Lipinski definition) is 4. The van der Waals surface area contributed by atoms with Gasteiger partial charge in [0, 0.05) is 31.9 Å². The van der Waals surface area contributed by atoms with Crippen LogP contribution in [0.15, 0.2) is 42.5 Å². The van der Waals surface area contributed by atoms with Crippen LogP contribution >= 0.6 is 11.6 Å². The molecule has 0 atom stereocenters. The van der Waals surface area contributed by atoms with E-state index in [1.807, 2.05) is 31.2 Å². The molecule has 1 amide bonds. The number of carbonyl (C=O) groups excluding carboxylic acids is 1. The molecule has 132 valence electrons. The first-order valence-corrected chi connectivity index (χ1v) is 8.61. The predicted octanol–water partition coefficient (Wildman–Crippen LogP) is 3.08. The molecular weight excluding hydrogens is 340 g/mol. The van der Waals surface area contributed by atoms with Gasteiger partial charge in [-0.25, -0.2) is 0 Å². The Kier molecular flexibility index (Phi) is 5.34. The van der Waals surface area contributed by atoms with Gasteiger partial charge in [0.2, 0.25) is 0 Å². The Morgan fingerprint density at radius 1 is 1.12 bits per heavy atom. The summed E-state index contributed by atoms with van der Waals surface area (Å²) >= 11 is 6.09. The summed E-state index contributed by atoms with van der Waals surface area (Å²) in [5.41, 5.74) is 2.09. The van der Waals surface area contributed by atoms with Crippen LogP contribution in [-0.4, -0.2) is 48.7 Å². The predicted molar refractivity (Wildman–Crippen MR) is 98.6 cm³/mol. The molecule has 0 bridgehead atoms. The van der Waals surface area contributed by atoms with E-state index in [1.54, 1.807) is 23.1 Å². The highest BCUT2D eigenvalue weighted by atomic mass is 35.5. The number of halogens is 1. The Balaban J connectivity index is 1.51. The van der Waals surface area contributed by atoms with Gasteiger partial charge < -0.3 is 19.6 Å². The fourth-order valence-electron chi connectivity index (χ4n) is 2.83. The molecule has 3 rings (SSSR count). The van der Waals surface area contributed by atoms with E-state index in [9.17, 15) is 9.90 Å². The number of hydrogen-bond donors (Lipinski definition) is 1. The lowest BCUT2D eigenvalue weighted by molar-refractivity contribution is -0.133. The van der Waals surface area contributed by atoms with E-state index in [-0.39, 0.29) is 18.3 Å². The van der Waals surface area contributed by atoms with Gasteiger partial charge in [0.15, 0.2) is 6.61 Å². The molecule has 6 heteroatoms. The minimum Gasteiger partial charge on any atom is -0.508 e. The molecule has 0 aliphatic carbocycles. The van der Waals surface area contributed by atoms with Gasteiger partial charge in [0.05, 0.1) is 5.02 Å². The van der Waals surface area contributed by atoms with Crippen molar-refractivity contribution in [1.82, 2.24) is 4.90 Å². The highest BCUT2D eigenvalue weighted by molar-refractivity contribution is 6.32. The summed E-state index contributed by atoms with van der Waals surface area (Å²) in [6, 6.07) is 12.6. The van der Waals surface area contributed by atoms with E-state index in [2.05, 4.69) is 4.90 Å². The molecule has 5 nitrogen and oxygen atoms in total. The Morgan fingerprint density at radius 3 is 2.48 bits per heavy atom. The molecule has 0 spiro atoms. The lowest BCUT2D eigenvalue weighted by Gasteiger charge is -2.36. The maximum absolute atomic E-state index is 12.4. The fourth-order valence-corrected chi connectivity index (χ4v) is 3.00. The third kappa shape index (κ3) is 4.37. The van der Waals surface area contributed by atoms with E-state index >= 15 is 0 Å². The number of phenolic OH excluding ortho intramolecular Hbond substituents is 1. The van der Waals surface area contributed by atoms with Gasteiger partial charge in [0.1, 0.15) is 11.5 Å². The average Bonchev–Trinajstić information content (AvgIpc) is 2.63. The maximum Gasteiger partial charge on any atom is 0.260 e.